The maximum absolute atomic E-state index is 12.7. The minimum Gasteiger partial charge on any atom is -0.376 e. The second-order valence-corrected chi connectivity index (χ2v) is 9.00. The summed E-state index contributed by atoms with van der Waals surface area (Å²) in [4.78, 5) is 14.6. The summed E-state index contributed by atoms with van der Waals surface area (Å²) in [5, 5.41) is 3.34. The summed E-state index contributed by atoms with van der Waals surface area (Å²) in [5.74, 6) is -0.518. The minimum atomic E-state index is -3.70. The summed E-state index contributed by atoms with van der Waals surface area (Å²) in [6, 6.07) is 9.22. The van der Waals surface area contributed by atoms with Crippen molar-refractivity contribution in [3.05, 3.63) is 52.0 Å². The fourth-order valence-electron chi connectivity index (χ4n) is 2.70. The van der Waals surface area contributed by atoms with Crippen LogP contribution in [0.4, 0.5) is 11.4 Å². The van der Waals surface area contributed by atoms with E-state index in [1.807, 2.05) is 19.0 Å². The highest BCUT2D eigenvalue weighted by Crippen LogP contribution is 2.29. The van der Waals surface area contributed by atoms with E-state index in [9.17, 15) is 13.2 Å². The Labute approximate surface area is 176 Å². The molecule has 9 heteroatoms. The van der Waals surface area contributed by atoms with E-state index >= 15 is 0 Å². The summed E-state index contributed by atoms with van der Waals surface area (Å²) < 4.78 is 26.7. The smallest absolute Gasteiger partial charge is 0.257 e. The van der Waals surface area contributed by atoms with Gasteiger partial charge in [-0.2, -0.15) is 4.31 Å². The van der Waals surface area contributed by atoms with Gasteiger partial charge in [0.15, 0.2) is 0 Å². The van der Waals surface area contributed by atoms with E-state index in [1.165, 1.54) is 22.5 Å². The van der Waals surface area contributed by atoms with Crippen molar-refractivity contribution >= 4 is 50.5 Å². The van der Waals surface area contributed by atoms with Crippen LogP contribution in [0.5, 0.6) is 0 Å². The highest BCUT2D eigenvalue weighted by molar-refractivity contribution is 7.89. The Bertz CT molecular complexity index is 974. The van der Waals surface area contributed by atoms with E-state index in [1.54, 1.807) is 32.0 Å². The van der Waals surface area contributed by atoms with Gasteiger partial charge in [-0.15, -0.1) is 0 Å². The number of nitrogens with zero attached hydrogens (tertiary/aromatic N) is 2. The van der Waals surface area contributed by atoms with Crippen LogP contribution in [0.2, 0.25) is 10.0 Å². The third-order valence-corrected chi connectivity index (χ3v) is 6.89. The van der Waals surface area contributed by atoms with Gasteiger partial charge in [-0.05, 0) is 36.4 Å². The fraction of sp³-hybridized carbons (Fsp3) is 0.316. The van der Waals surface area contributed by atoms with Gasteiger partial charge < -0.3 is 10.2 Å². The normalized spacial score (nSPS) is 11.5. The number of hydrogen-bond acceptors (Lipinski definition) is 4. The minimum absolute atomic E-state index is 0.0201. The van der Waals surface area contributed by atoms with Crippen molar-refractivity contribution in [3.8, 4) is 0 Å². The van der Waals surface area contributed by atoms with Crippen molar-refractivity contribution in [2.75, 3.05) is 37.4 Å². The molecule has 1 amide bonds. The fourth-order valence-corrected chi connectivity index (χ4v) is 4.73. The molecule has 2 aromatic rings. The molecule has 1 N–H and O–H groups in total. The quantitative estimate of drug-likeness (QED) is 0.690. The van der Waals surface area contributed by atoms with Crippen LogP contribution in [-0.4, -0.2) is 45.8 Å². The van der Waals surface area contributed by atoms with Gasteiger partial charge in [-0.3, -0.25) is 4.79 Å². The third-order valence-electron chi connectivity index (χ3n) is 4.21. The number of halogens is 2. The molecule has 0 aromatic heterocycles. The Morgan fingerprint density at radius 1 is 1.00 bits per heavy atom. The van der Waals surface area contributed by atoms with Crippen molar-refractivity contribution in [2.24, 2.45) is 0 Å². The van der Waals surface area contributed by atoms with E-state index < -0.39 is 15.9 Å². The van der Waals surface area contributed by atoms with E-state index in [-0.39, 0.29) is 15.5 Å². The number of carbonyl (C=O) groups is 1. The lowest BCUT2D eigenvalue weighted by Crippen LogP contribution is -2.30. The molecule has 28 heavy (non-hydrogen) atoms. The molecule has 0 spiro atoms. The van der Waals surface area contributed by atoms with Crippen molar-refractivity contribution in [1.29, 1.82) is 0 Å². The Hall–Kier alpha value is -1.80. The van der Waals surface area contributed by atoms with Gasteiger partial charge in [0.05, 0.1) is 26.2 Å². The van der Waals surface area contributed by atoms with Crippen molar-refractivity contribution in [2.45, 2.75) is 18.7 Å². The first-order chi connectivity index (χ1) is 13.1. The molecule has 0 saturated heterocycles. The zero-order chi connectivity index (χ0) is 21.1. The standard InChI is InChI=1S/C19H23Cl2N3O3S/c1-5-24(6-2)28(26,27)14-8-9-16(20)15(12-14)19(25)22-13-7-10-18(23(3)4)17(21)11-13/h7-12H,5-6H2,1-4H3,(H,22,25). The number of anilines is 2. The molecule has 0 aliphatic carbocycles. The highest BCUT2D eigenvalue weighted by Gasteiger charge is 2.24. The number of amides is 1. The van der Waals surface area contributed by atoms with Crippen LogP contribution in [0.25, 0.3) is 0 Å². The van der Waals surface area contributed by atoms with E-state index in [0.717, 1.165) is 5.69 Å². The lowest BCUT2D eigenvalue weighted by molar-refractivity contribution is 0.102. The van der Waals surface area contributed by atoms with Gasteiger partial charge in [0.2, 0.25) is 10.0 Å². The largest absolute Gasteiger partial charge is 0.376 e. The molecule has 0 unspecified atom stereocenters. The first-order valence-electron chi connectivity index (χ1n) is 8.69. The van der Waals surface area contributed by atoms with Crippen LogP contribution in [0.1, 0.15) is 24.2 Å². The van der Waals surface area contributed by atoms with Gasteiger partial charge in [0, 0.05) is 32.9 Å². The van der Waals surface area contributed by atoms with Crippen LogP contribution in [0.15, 0.2) is 41.3 Å². The van der Waals surface area contributed by atoms with Gasteiger partial charge in [-0.1, -0.05) is 37.0 Å². The van der Waals surface area contributed by atoms with E-state index in [2.05, 4.69) is 5.32 Å². The number of rotatable bonds is 7. The lowest BCUT2D eigenvalue weighted by Gasteiger charge is -2.19. The summed E-state index contributed by atoms with van der Waals surface area (Å²) in [7, 11) is 0.0237. The van der Waals surface area contributed by atoms with Crippen LogP contribution in [0.3, 0.4) is 0 Å². The molecule has 0 heterocycles. The molecule has 0 fully saturated rings. The summed E-state index contributed by atoms with van der Waals surface area (Å²) >= 11 is 12.4. The molecular weight excluding hydrogens is 421 g/mol. The molecule has 0 aliphatic heterocycles. The number of benzene rings is 2. The van der Waals surface area contributed by atoms with E-state index in [4.69, 9.17) is 23.2 Å². The highest BCUT2D eigenvalue weighted by atomic mass is 35.5. The predicted molar refractivity (Wildman–Crippen MR) is 115 cm³/mol. The molecule has 152 valence electrons. The van der Waals surface area contributed by atoms with Crippen LogP contribution in [-0.2, 0) is 10.0 Å². The number of nitrogens with one attached hydrogen (secondary N) is 1. The summed E-state index contributed by atoms with van der Waals surface area (Å²) in [5.41, 5.74) is 1.36. The number of hydrogen-bond donors (Lipinski definition) is 1. The maximum Gasteiger partial charge on any atom is 0.257 e. The molecule has 0 bridgehead atoms. The van der Waals surface area contributed by atoms with Crippen molar-refractivity contribution in [1.82, 2.24) is 4.31 Å². The Kier molecular flexibility index (Phi) is 7.33. The first-order valence-corrected chi connectivity index (χ1v) is 10.9. The topological polar surface area (TPSA) is 69.7 Å². The SMILES string of the molecule is CCN(CC)S(=O)(=O)c1ccc(Cl)c(C(=O)Nc2ccc(N(C)C)c(Cl)c2)c1. The average Bonchev–Trinajstić information content (AvgIpc) is 2.62. The second-order valence-electron chi connectivity index (χ2n) is 6.25. The zero-order valence-electron chi connectivity index (χ0n) is 16.2. The zero-order valence-corrected chi connectivity index (χ0v) is 18.5. The molecule has 0 aliphatic rings. The Morgan fingerprint density at radius 2 is 1.64 bits per heavy atom. The average molecular weight is 444 g/mol. The molecule has 0 radical (unpaired) electrons. The van der Waals surface area contributed by atoms with Crippen LogP contribution < -0.4 is 10.2 Å². The van der Waals surface area contributed by atoms with Crippen molar-refractivity contribution in [3.63, 3.8) is 0 Å². The maximum atomic E-state index is 12.7. The molecule has 6 nitrogen and oxygen atoms in total. The Morgan fingerprint density at radius 3 is 2.18 bits per heavy atom. The predicted octanol–water partition coefficient (Wildman–Crippen LogP) is 4.34. The summed E-state index contributed by atoms with van der Waals surface area (Å²) in [6.45, 7) is 4.18. The van der Waals surface area contributed by atoms with Gasteiger partial charge in [-0.25, -0.2) is 8.42 Å². The molecular formula is C19H23Cl2N3O3S. The van der Waals surface area contributed by atoms with Crippen LogP contribution in [0, 0.1) is 0 Å². The van der Waals surface area contributed by atoms with Crippen LogP contribution >= 0.6 is 23.2 Å². The van der Waals surface area contributed by atoms with Gasteiger partial charge in [0.25, 0.3) is 5.91 Å². The molecule has 0 atom stereocenters. The monoisotopic (exact) mass is 443 g/mol. The number of carbonyl (C=O) groups excluding carboxylic acids is 1. The lowest BCUT2D eigenvalue weighted by atomic mass is 10.2. The second kappa shape index (κ2) is 9.13. The van der Waals surface area contributed by atoms with Gasteiger partial charge in [0.1, 0.15) is 0 Å². The van der Waals surface area contributed by atoms with E-state index in [0.29, 0.717) is 23.8 Å². The third kappa shape index (κ3) is 4.78. The summed E-state index contributed by atoms with van der Waals surface area (Å²) in [6.07, 6.45) is 0. The van der Waals surface area contributed by atoms with Gasteiger partial charge >= 0.3 is 0 Å². The molecule has 0 saturated carbocycles. The molecule has 2 aromatic carbocycles. The van der Waals surface area contributed by atoms with Crippen molar-refractivity contribution < 1.29 is 13.2 Å². The molecule has 2 rings (SSSR count). The first kappa shape index (κ1) is 22.5. The number of sulfonamides is 1. The Balaban J connectivity index is 2.35.